The molecule has 0 heterocycles. The molecule has 3 N–H and O–H groups in total. The lowest BCUT2D eigenvalue weighted by molar-refractivity contribution is -0.140. The molecule has 1 aromatic rings. The van der Waals surface area contributed by atoms with Crippen molar-refractivity contribution >= 4 is 46.1 Å². The Morgan fingerprint density at radius 3 is 2.59 bits per heavy atom. The maximum atomic E-state index is 11.6. The lowest BCUT2D eigenvalue weighted by Crippen LogP contribution is -2.43. The van der Waals surface area contributed by atoms with Crippen LogP contribution in [0.25, 0.3) is 0 Å². The first-order valence-corrected chi connectivity index (χ1v) is 6.01. The number of carboxylic acid groups (broad SMARTS) is 1. The van der Waals surface area contributed by atoms with Gasteiger partial charge in [-0.25, -0.2) is 4.79 Å². The number of carboxylic acids is 1. The largest absolute Gasteiger partial charge is 0.480 e. The third-order valence-electron chi connectivity index (χ3n) is 1.97. The molecule has 1 aromatic carbocycles. The number of hydrogen-bond donors (Lipinski definition) is 3. The van der Waals surface area contributed by atoms with E-state index in [-0.39, 0.29) is 5.56 Å². The molecule has 0 aliphatic carbocycles. The van der Waals surface area contributed by atoms with Gasteiger partial charge in [-0.3, -0.25) is 4.79 Å². The molecule has 0 aromatic heterocycles. The molecule has 1 unspecified atom stereocenters. The highest BCUT2D eigenvalue weighted by Crippen LogP contribution is 2.19. The molecule has 0 aliphatic rings. The second-order valence-electron chi connectivity index (χ2n) is 3.18. The Bertz CT molecular complexity index is 452. The quantitative estimate of drug-likeness (QED) is 0.694. The Morgan fingerprint density at radius 1 is 1.47 bits per heavy atom. The van der Waals surface area contributed by atoms with Gasteiger partial charge in [-0.1, -0.05) is 11.6 Å². The third kappa shape index (κ3) is 3.83. The van der Waals surface area contributed by atoms with E-state index in [0.717, 1.165) is 3.57 Å². The van der Waals surface area contributed by atoms with Gasteiger partial charge in [0.2, 0.25) is 0 Å². The fraction of sp³-hybridized carbons (Fsp3) is 0.200. The van der Waals surface area contributed by atoms with Crippen LogP contribution in [0.5, 0.6) is 0 Å². The zero-order valence-corrected chi connectivity index (χ0v) is 11.4. The summed E-state index contributed by atoms with van der Waals surface area (Å²) in [5.41, 5.74) is 0.245. The molecular formula is C10H9ClINO4. The van der Waals surface area contributed by atoms with Crippen LogP contribution in [0.3, 0.4) is 0 Å². The number of amides is 1. The van der Waals surface area contributed by atoms with Crippen LogP contribution in [0, 0.1) is 3.57 Å². The summed E-state index contributed by atoms with van der Waals surface area (Å²) in [5.74, 6) is -1.89. The molecule has 0 radical (unpaired) electrons. The van der Waals surface area contributed by atoms with E-state index in [4.69, 9.17) is 21.8 Å². The number of aliphatic hydroxyl groups is 1. The van der Waals surface area contributed by atoms with Crippen molar-refractivity contribution in [1.29, 1.82) is 0 Å². The van der Waals surface area contributed by atoms with Crippen LogP contribution < -0.4 is 5.32 Å². The number of carbonyl (C=O) groups is 2. The van der Waals surface area contributed by atoms with Crippen LogP contribution in [-0.4, -0.2) is 34.7 Å². The molecule has 7 heteroatoms. The smallest absolute Gasteiger partial charge is 0.328 e. The van der Waals surface area contributed by atoms with Crippen molar-refractivity contribution < 1.29 is 19.8 Å². The lowest BCUT2D eigenvalue weighted by atomic mass is 10.2. The predicted molar refractivity (Wildman–Crippen MR) is 70.1 cm³/mol. The average Bonchev–Trinajstić information content (AvgIpc) is 2.28. The third-order valence-corrected chi connectivity index (χ3v) is 3.54. The van der Waals surface area contributed by atoms with Crippen LogP contribution in [0.1, 0.15) is 10.4 Å². The lowest BCUT2D eigenvalue weighted by Gasteiger charge is -2.11. The van der Waals surface area contributed by atoms with Gasteiger partial charge in [0, 0.05) is 9.13 Å². The van der Waals surface area contributed by atoms with Gasteiger partial charge in [-0.05, 0) is 40.8 Å². The number of rotatable bonds is 4. The van der Waals surface area contributed by atoms with Gasteiger partial charge in [0.1, 0.15) is 0 Å². The summed E-state index contributed by atoms with van der Waals surface area (Å²) in [6, 6.07) is 3.29. The molecule has 5 nitrogen and oxygen atoms in total. The second kappa shape index (κ2) is 6.18. The van der Waals surface area contributed by atoms with E-state index in [2.05, 4.69) is 5.32 Å². The fourth-order valence-corrected chi connectivity index (χ4v) is 1.58. The number of nitrogens with one attached hydrogen (secondary N) is 1. The summed E-state index contributed by atoms with van der Waals surface area (Å²) in [7, 11) is 0. The molecule has 0 fully saturated rings. The van der Waals surface area contributed by atoms with Crippen molar-refractivity contribution in [1.82, 2.24) is 5.32 Å². The minimum absolute atomic E-state index is 0.245. The molecule has 0 saturated heterocycles. The van der Waals surface area contributed by atoms with Crippen molar-refractivity contribution in [2.45, 2.75) is 6.04 Å². The number of halogens is 2. The molecule has 0 saturated carbocycles. The van der Waals surface area contributed by atoms with Gasteiger partial charge in [0.25, 0.3) is 5.91 Å². The topological polar surface area (TPSA) is 86.6 Å². The van der Waals surface area contributed by atoms with Gasteiger partial charge in [-0.15, -0.1) is 0 Å². The monoisotopic (exact) mass is 369 g/mol. The minimum Gasteiger partial charge on any atom is -0.480 e. The zero-order chi connectivity index (χ0) is 13.0. The van der Waals surface area contributed by atoms with Gasteiger partial charge < -0.3 is 15.5 Å². The van der Waals surface area contributed by atoms with Crippen LogP contribution in [0.15, 0.2) is 18.2 Å². The van der Waals surface area contributed by atoms with E-state index >= 15 is 0 Å². The van der Waals surface area contributed by atoms with E-state index in [0.29, 0.717) is 5.02 Å². The van der Waals surface area contributed by atoms with E-state index in [9.17, 15) is 9.59 Å². The number of hydrogen-bond acceptors (Lipinski definition) is 3. The highest BCUT2D eigenvalue weighted by Gasteiger charge is 2.19. The molecule has 0 aliphatic heterocycles. The number of benzene rings is 1. The summed E-state index contributed by atoms with van der Waals surface area (Å²) < 4.78 is 0.790. The first-order valence-electron chi connectivity index (χ1n) is 4.55. The molecule has 0 spiro atoms. The van der Waals surface area contributed by atoms with Gasteiger partial charge in [0.15, 0.2) is 6.04 Å². The van der Waals surface area contributed by atoms with Crippen LogP contribution in [-0.2, 0) is 4.79 Å². The summed E-state index contributed by atoms with van der Waals surface area (Å²) >= 11 is 7.85. The van der Waals surface area contributed by atoms with Gasteiger partial charge in [-0.2, -0.15) is 0 Å². The Morgan fingerprint density at radius 2 is 2.12 bits per heavy atom. The van der Waals surface area contributed by atoms with E-state index in [1.807, 2.05) is 22.6 Å². The van der Waals surface area contributed by atoms with Crippen molar-refractivity contribution in [3.8, 4) is 0 Å². The Kier molecular flexibility index (Phi) is 5.16. The molecule has 17 heavy (non-hydrogen) atoms. The van der Waals surface area contributed by atoms with E-state index < -0.39 is 24.5 Å². The minimum atomic E-state index is -1.32. The first-order chi connectivity index (χ1) is 7.95. The fourth-order valence-electron chi connectivity index (χ4n) is 1.06. The van der Waals surface area contributed by atoms with Gasteiger partial charge in [0.05, 0.1) is 11.6 Å². The summed E-state index contributed by atoms with van der Waals surface area (Å²) in [4.78, 5) is 22.3. The van der Waals surface area contributed by atoms with Crippen LogP contribution >= 0.6 is 34.2 Å². The predicted octanol–water partition coefficient (Wildman–Crippen LogP) is 1.12. The van der Waals surface area contributed by atoms with Crippen molar-refractivity contribution in [2.75, 3.05) is 6.61 Å². The SMILES string of the molecule is O=C(NC(CO)C(=O)O)c1ccc(I)c(Cl)c1. The van der Waals surface area contributed by atoms with Crippen molar-refractivity contribution in [3.63, 3.8) is 0 Å². The Labute approximate surface area is 116 Å². The molecule has 0 bridgehead atoms. The highest BCUT2D eigenvalue weighted by molar-refractivity contribution is 14.1. The van der Waals surface area contributed by atoms with Gasteiger partial charge >= 0.3 is 5.97 Å². The van der Waals surface area contributed by atoms with E-state index in [1.165, 1.54) is 12.1 Å². The number of carbonyl (C=O) groups excluding carboxylic acids is 1. The molecule has 1 rings (SSSR count). The highest BCUT2D eigenvalue weighted by atomic mass is 127. The zero-order valence-electron chi connectivity index (χ0n) is 8.48. The maximum Gasteiger partial charge on any atom is 0.328 e. The van der Waals surface area contributed by atoms with Crippen LogP contribution in [0.2, 0.25) is 5.02 Å². The summed E-state index contributed by atoms with van der Waals surface area (Å²) in [5, 5.41) is 20.0. The average molecular weight is 370 g/mol. The Hall–Kier alpha value is -0.860. The van der Waals surface area contributed by atoms with E-state index in [1.54, 1.807) is 6.07 Å². The number of aliphatic carboxylic acids is 1. The molecule has 1 amide bonds. The normalized spacial score (nSPS) is 11.9. The first kappa shape index (κ1) is 14.2. The maximum absolute atomic E-state index is 11.6. The standard InChI is InChI=1S/C10H9ClINO4/c11-6-3-5(1-2-7(6)12)9(15)13-8(4-14)10(16)17/h1-3,8,14H,4H2,(H,13,15)(H,16,17). The van der Waals surface area contributed by atoms with Crippen LogP contribution in [0.4, 0.5) is 0 Å². The molecule has 1 atom stereocenters. The van der Waals surface area contributed by atoms with Crippen molar-refractivity contribution in [3.05, 3.63) is 32.4 Å². The Balaban J connectivity index is 2.82. The number of aliphatic hydroxyl groups excluding tert-OH is 1. The molecular weight excluding hydrogens is 360 g/mol. The second-order valence-corrected chi connectivity index (χ2v) is 4.75. The van der Waals surface area contributed by atoms with Crippen molar-refractivity contribution in [2.24, 2.45) is 0 Å². The summed E-state index contributed by atoms with van der Waals surface area (Å²) in [6.07, 6.45) is 0. The summed E-state index contributed by atoms with van der Waals surface area (Å²) in [6.45, 7) is -0.667. The molecule has 92 valence electrons.